The zero-order chi connectivity index (χ0) is 22.8. The molecule has 32 heavy (non-hydrogen) atoms. The molecule has 1 aliphatic rings. The molecule has 1 aliphatic heterocycles. The molecule has 160 valence electrons. The first-order valence-electron chi connectivity index (χ1n) is 10.0. The van der Waals surface area contributed by atoms with Gasteiger partial charge in [-0.2, -0.15) is 0 Å². The molecule has 7 nitrogen and oxygen atoms in total. The third kappa shape index (κ3) is 3.80. The van der Waals surface area contributed by atoms with E-state index < -0.39 is 35.5 Å². The average molecular weight is 428 g/mol. The molecule has 0 saturated carbocycles. The van der Waals surface area contributed by atoms with Gasteiger partial charge >= 0.3 is 5.97 Å². The fraction of sp³-hybridized carbons (Fsp3) is 0.160. The molecule has 0 radical (unpaired) electrons. The van der Waals surface area contributed by atoms with Crippen LogP contribution in [0.4, 0.5) is 5.69 Å². The van der Waals surface area contributed by atoms with Crippen molar-refractivity contribution in [3.8, 4) is 0 Å². The highest BCUT2D eigenvalue weighted by Crippen LogP contribution is 2.38. The van der Waals surface area contributed by atoms with Crippen LogP contribution in [0.3, 0.4) is 0 Å². The summed E-state index contributed by atoms with van der Waals surface area (Å²) in [4.78, 5) is 55.9. The molecular weight excluding hydrogens is 408 g/mol. The zero-order valence-corrected chi connectivity index (χ0v) is 17.5. The number of Topliss-reactive ketones (excluding diaryl/α,β-unsaturated/α-hetero) is 2. The molecule has 0 spiro atoms. The van der Waals surface area contributed by atoms with Gasteiger partial charge in [-0.25, -0.2) is 4.79 Å². The van der Waals surface area contributed by atoms with Crippen molar-refractivity contribution in [3.05, 3.63) is 94.8 Å². The number of anilines is 1. The zero-order valence-electron chi connectivity index (χ0n) is 17.5. The van der Waals surface area contributed by atoms with Crippen molar-refractivity contribution in [2.45, 2.75) is 20.0 Å². The van der Waals surface area contributed by atoms with Gasteiger partial charge in [-0.3, -0.25) is 19.4 Å². The Labute approximate surface area is 184 Å². The highest BCUT2D eigenvalue weighted by atomic mass is 16.5. The molecule has 7 heteroatoms. The summed E-state index contributed by atoms with van der Waals surface area (Å²) in [6.07, 6.45) is 1.64. The van der Waals surface area contributed by atoms with Gasteiger partial charge in [-0.05, 0) is 43.2 Å². The summed E-state index contributed by atoms with van der Waals surface area (Å²) >= 11 is 0. The number of carbonyl (C=O) groups excluding carboxylic acids is 4. The number of nitrogens with one attached hydrogen (secondary N) is 1. The first-order chi connectivity index (χ1) is 15.4. The van der Waals surface area contributed by atoms with Gasteiger partial charge in [-0.1, -0.05) is 36.4 Å². The van der Waals surface area contributed by atoms with Crippen LogP contribution >= 0.6 is 0 Å². The maximum atomic E-state index is 13.4. The first kappa shape index (κ1) is 21.1. The van der Waals surface area contributed by atoms with Gasteiger partial charge in [-0.15, -0.1) is 0 Å². The van der Waals surface area contributed by atoms with E-state index in [9.17, 15) is 19.2 Å². The number of amides is 1. The number of para-hydroxylation sites is 1. The number of nitrogens with zero attached hydrogens (tertiary/aromatic N) is 1. The molecular formula is C25H20N2O5. The second-order valence-electron chi connectivity index (χ2n) is 7.58. The summed E-state index contributed by atoms with van der Waals surface area (Å²) in [5, 5.41) is 2.63. The third-order valence-corrected chi connectivity index (χ3v) is 5.50. The number of pyridine rings is 1. The molecule has 0 saturated heterocycles. The van der Waals surface area contributed by atoms with Gasteiger partial charge in [0.15, 0.2) is 5.78 Å². The molecule has 1 aromatic heterocycles. The van der Waals surface area contributed by atoms with E-state index in [0.29, 0.717) is 11.3 Å². The maximum Gasteiger partial charge on any atom is 0.339 e. The Bertz CT molecular complexity index is 1220. The Morgan fingerprint density at radius 1 is 0.938 bits per heavy atom. The molecule has 1 N–H and O–H groups in total. The predicted octanol–water partition coefficient (Wildman–Crippen LogP) is 3.62. The van der Waals surface area contributed by atoms with Crippen LogP contribution in [0.15, 0.2) is 67.0 Å². The summed E-state index contributed by atoms with van der Waals surface area (Å²) in [5.74, 6) is -4.72. The van der Waals surface area contributed by atoms with E-state index in [1.54, 1.807) is 24.3 Å². The van der Waals surface area contributed by atoms with Crippen LogP contribution in [0.5, 0.6) is 0 Å². The number of cyclic esters (lactones) is 1. The highest BCUT2D eigenvalue weighted by molar-refractivity contribution is 6.45. The Hall–Kier alpha value is -4.13. The SMILES string of the molecule is Cc1cccc(C)c1NC(=O)C(=O)[C@H](C(=O)c1ccncc1)[C@H]1OC(=O)c2ccccc21. The summed E-state index contributed by atoms with van der Waals surface area (Å²) < 4.78 is 5.43. The molecule has 0 unspecified atom stereocenters. The van der Waals surface area contributed by atoms with Gasteiger partial charge in [0.25, 0.3) is 5.91 Å². The van der Waals surface area contributed by atoms with Crippen molar-refractivity contribution in [3.63, 3.8) is 0 Å². The Kier molecular flexibility index (Phi) is 5.64. The summed E-state index contributed by atoms with van der Waals surface area (Å²) in [6.45, 7) is 3.61. The number of hydrogen-bond acceptors (Lipinski definition) is 6. The third-order valence-electron chi connectivity index (χ3n) is 5.50. The number of aryl methyl sites for hydroxylation is 2. The lowest BCUT2D eigenvalue weighted by Crippen LogP contribution is -2.38. The smallest absolute Gasteiger partial charge is 0.339 e. The average Bonchev–Trinajstić information content (AvgIpc) is 3.13. The number of fused-ring (bicyclic) bond motifs is 1. The molecule has 2 aromatic carbocycles. The number of ketones is 2. The molecule has 0 fully saturated rings. The maximum absolute atomic E-state index is 13.4. The van der Waals surface area contributed by atoms with Crippen molar-refractivity contribution in [2.75, 3.05) is 5.32 Å². The summed E-state index contributed by atoms with van der Waals surface area (Å²) in [6, 6.07) is 14.9. The van der Waals surface area contributed by atoms with Gasteiger partial charge in [0, 0.05) is 29.2 Å². The van der Waals surface area contributed by atoms with Crippen LogP contribution in [0.2, 0.25) is 0 Å². The molecule has 1 amide bonds. The molecule has 2 heterocycles. The van der Waals surface area contributed by atoms with Crippen molar-refractivity contribution < 1.29 is 23.9 Å². The fourth-order valence-corrected chi connectivity index (χ4v) is 3.84. The topological polar surface area (TPSA) is 102 Å². The number of hydrogen-bond donors (Lipinski definition) is 1. The molecule has 3 aromatic rings. The van der Waals surface area contributed by atoms with E-state index in [0.717, 1.165) is 11.1 Å². The lowest BCUT2D eigenvalue weighted by Gasteiger charge is -2.21. The molecule has 4 rings (SSSR count). The second-order valence-corrected chi connectivity index (χ2v) is 7.58. The van der Waals surface area contributed by atoms with Crippen LogP contribution in [-0.4, -0.2) is 28.4 Å². The van der Waals surface area contributed by atoms with E-state index >= 15 is 0 Å². The van der Waals surface area contributed by atoms with Gasteiger partial charge in [0.05, 0.1) is 5.56 Å². The van der Waals surface area contributed by atoms with Crippen LogP contribution in [0.1, 0.15) is 43.5 Å². The van der Waals surface area contributed by atoms with Gasteiger partial charge in [0.2, 0.25) is 5.78 Å². The van der Waals surface area contributed by atoms with Crippen LogP contribution in [-0.2, 0) is 14.3 Å². The predicted molar refractivity (Wildman–Crippen MR) is 116 cm³/mol. The minimum atomic E-state index is -1.53. The summed E-state index contributed by atoms with van der Waals surface area (Å²) in [7, 11) is 0. The number of ether oxygens (including phenoxy) is 1. The lowest BCUT2D eigenvalue weighted by molar-refractivity contribution is -0.138. The van der Waals surface area contributed by atoms with Crippen LogP contribution in [0, 0.1) is 19.8 Å². The van der Waals surface area contributed by atoms with Gasteiger partial charge < -0.3 is 10.1 Å². The Balaban J connectivity index is 1.73. The largest absolute Gasteiger partial charge is 0.453 e. The van der Waals surface area contributed by atoms with Crippen LogP contribution in [0.25, 0.3) is 0 Å². The quantitative estimate of drug-likeness (QED) is 0.278. The monoisotopic (exact) mass is 428 g/mol. The van der Waals surface area contributed by atoms with Crippen molar-refractivity contribution >= 4 is 29.1 Å². The Morgan fingerprint density at radius 2 is 1.59 bits per heavy atom. The number of carbonyl (C=O) groups is 4. The normalized spacial score (nSPS) is 15.4. The second kappa shape index (κ2) is 8.55. The van der Waals surface area contributed by atoms with E-state index in [4.69, 9.17) is 4.74 Å². The minimum Gasteiger partial charge on any atom is -0.453 e. The van der Waals surface area contributed by atoms with E-state index in [-0.39, 0.29) is 11.1 Å². The Morgan fingerprint density at radius 3 is 2.28 bits per heavy atom. The fourth-order valence-electron chi connectivity index (χ4n) is 3.84. The van der Waals surface area contributed by atoms with Crippen molar-refractivity contribution in [1.82, 2.24) is 4.98 Å². The van der Waals surface area contributed by atoms with Crippen molar-refractivity contribution in [1.29, 1.82) is 0 Å². The summed E-state index contributed by atoms with van der Waals surface area (Å²) in [5.41, 5.74) is 2.93. The van der Waals surface area contributed by atoms with E-state index in [1.165, 1.54) is 24.5 Å². The molecule has 0 aliphatic carbocycles. The first-order valence-corrected chi connectivity index (χ1v) is 10.0. The van der Waals surface area contributed by atoms with E-state index in [2.05, 4.69) is 10.3 Å². The van der Waals surface area contributed by atoms with Crippen LogP contribution < -0.4 is 5.32 Å². The standard InChI is InChI=1S/C25H20N2O5/c1-14-6-5-7-15(2)20(14)27-24(30)22(29)19(21(28)16-10-12-26-13-11-16)23-17-8-3-4-9-18(17)25(31)32-23/h3-13,19,23H,1-2H3,(H,27,30)/t19-,23-/m0/s1. The van der Waals surface area contributed by atoms with Crippen molar-refractivity contribution in [2.24, 2.45) is 5.92 Å². The highest BCUT2D eigenvalue weighted by Gasteiger charge is 2.46. The molecule has 0 bridgehead atoms. The number of rotatable bonds is 6. The minimum absolute atomic E-state index is 0.193. The number of aromatic nitrogens is 1. The lowest BCUT2D eigenvalue weighted by atomic mass is 9.85. The number of esters is 1. The number of benzene rings is 2. The van der Waals surface area contributed by atoms with E-state index in [1.807, 2.05) is 32.0 Å². The van der Waals surface area contributed by atoms with Gasteiger partial charge in [0.1, 0.15) is 12.0 Å². The molecule has 2 atom stereocenters.